The molecule has 1 rings (SSSR count). The molecule has 19 heavy (non-hydrogen) atoms. The average molecular weight is 264 g/mol. The molecule has 0 amide bonds. The Morgan fingerprint density at radius 2 is 1.84 bits per heavy atom. The van der Waals surface area contributed by atoms with Crippen LogP contribution in [0.1, 0.15) is 38.8 Å². The van der Waals surface area contributed by atoms with Crippen molar-refractivity contribution in [3.63, 3.8) is 0 Å². The maximum absolute atomic E-state index is 5.16. The van der Waals surface area contributed by atoms with E-state index in [0.717, 1.165) is 32.7 Å². The summed E-state index contributed by atoms with van der Waals surface area (Å²) in [6.07, 6.45) is 1.12. The summed E-state index contributed by atoms with van der Waals surface area (Å²) >= 11 is 0. The summed E-state index contributed by atoms with van der Waals surface area (Å²) in [7, 11) is 1.75. The summed E-state index contributed by atoms with van der Waals surface area (Å²) in [5.41, 5.74) is 2.64. The zero-order valence-electron chi connectivity index (χ0n) is 12.8. The van der Waals surface area contributed by atoms with Gasteiger partial charge in [-0.25, -0.2) is 0 Å². The van der Waals surface area contributed by atoms with Crippen LogP contribution in [0.5, 0.6) is 0 Å². The lowest BCUT2D eigenvalue weighted by atomic mass is 10.0. The molecule has 1 unspecified atom stereocenters. The highest BCUT2D eigenvalue weighted by Gasteiger charge is 2.09. The van der Waals surface area contributed by atoms with Gasteiger partial charge in [-0.1, -0.05) is 26.0 Å². The van der Waals surface area contributed by atoms with Gasteiger partial charge in [0.05, 0.1) is 6.61 Å². The van der Waals surface area contributed by atoms with Crippen molar-refractivity contribution in [1.82, 2.24) is 5.32 Å². The van der Waals surface area contributed by atoms with Gasteiger partial charge in [-0.3, -0.25) is 0 Å². The van der Waals surface area contributed by atoms with Crippen LogP contribution < -0.4 is 10.2 Å². The molecule has 3 heteroatoms. The standard InChI is InChI=1S/C16H28N2O/c1-5-16(17-6-2)14-8-10-15(11-9-14)18(7-3)12-13-19-4/h8-11,16-17H,5-7,12-13H2,1-4H3. The average Bonchev–Trinajstić information content (AvgIpc) is 2.46. The van der Waals surface area contributed by atoms with Crippen LogP contribution in [0.2, 0.25) is 0 Å². The lowest BCUT2D eigenvalue weighted by molar-refractivity contribution is 0.205. The molecule has 1 aromatic rings. The molecule has 0 aromatic heterocycles. The normalized spacial score (nSPS) is 12.4. The van der Waals surface area contributed by atoms with E-state index >= 15 is 0 Å². The van der Waals surface area contributed by atoms with E-state index in [-0.39, 0.29) is 0 Å². The van der Waals surface area contributed by atoms with E-state index in [1.807, 2.05) is 0 Å². The zero-order chi connectivity index (χ0) is 14.1. The number of nitrogens with zero attached hydrogens (tertiary/aromatic N) is 1. The Morgan fingerprint density at radius 3 is 2.32 bits per heavy atom. The molecule has 0 spiro atoms. The molecule has 1 N–H and O–H groups in total. The Bertz CT molecular complexity index is 337. The minimum Gasteiger partial charge on any atom is -0.383 e. The lowest BCUT2D eigenvalue weighted by Gasteiger charge is -2.24. The number of nitrogens with one attached hydrogen (secondary N) is 1. The first kappa shape index (κ1) is 16.0. The molecule has 0 bridgehead atoms. The maximum atomic E-state index is 5.16. The smallest absolute Gasteiger partial charge is 0.0637 e. The fourth-order valence-electron chi connectivity index (χ4n) is 2.33. The van der Waals surface area contributed by atoms with Gasteiger partial charge in [0, 0.05) is 31.9 Å². The van der Waals surface area contributed by atoms with Crippen molar-refractivity contribution in [1.29, 1.82) is 0 Å². The van der Waals surface area contributed by atoms with Gasteiger partial charge >= 0.3 is 0 Å². The number of hydrogen-bond donors (Lipinski definition) is 1. The van der Waals surface area contributed by atoms with Crippen LogP contribution in [0.3, 0.4) is 0 Å². The highest BCUT2D eigenvalue weighted by Crippen LogP contribution is 2.21. The highest BCUT2D eigenvalue weighted by atomic mass is 16.5. The van der Waals surface area contributed by atoms with Gasteiger partial charge in [-0.05, 0) is 37.6 Å². The fourth-order valence-corrected chi connectivity index (χ4v) is 2.33. The van der Waals surface area contributed by atoms with Crippen LogP contribution in [0, 0.1) is 0 Å². The Morgan fingerprint density at radius 1 is 1.16 bits per heavy atom. The predicted octanol–water partition coefficient (Wildman–Crippen LogP) is 3.22. The van der Waals surface area contributed by atoms with E-state index in [1.54, 1.807) is 7.11 Å². The third kappa shape index (κ3) is 4.84. The highest BCUT2D eigenvalue weighted by molar-refractivity contribution is 5.48. The molecule has 0 saturated carbocycles. The number of ether oxygens (including phenoxy) is 1. The first-order valence-corrected chi connectivity index (χ1v) is 7.33. The van der Waals surface area contributed by atoms with Crippen molar-refractivity contribution < 1.29 is 4.74 Å². The first-order chi connectivity index (χ1) is 9.26. The van der Waals surface area contributed by atoms with Gasteiger partial charge in [0.15, 0.2) is 0 Å². The number of likely N-dealkylation sites (N-methyl/N-ethyl adjacent to an activating group) is 1. The van der Waals surface area contributed by atoms with Crippen molar-refractivity contribution in [3.8, 4) is 0 Å². The van der Waals surface area contributed by atoms with E-state index in [9.17, 15) is 0 Å². The quantitative estimate of drug-likeness (QED) is 0.741. The van der Waals surface area contributed by atoms with Gasteiger partial charge in [0.25, 0.3) is 0 Å². The number of hydrogen-bond acceptors (Lipinski definition) is 3. The summed E-state index contributed by atoms with van der Waals surface area (Å²) in [6.45, 7) is 10.3. The third-order valence-corrected chi connectivity index (χ3v) is 3.47. The summed E-state index contributed by atoms with van der Waals surface area (Å²) in [5, 5.41) is 3.51. The number of rotatable bonds is 9. The van der Waals surface area contributed by atoms with E-state index in [1.165, 1.54) is 11.3 Å². The Balaban J connectivity index is 2.73. The van der Waals surface area contributed by atoms with E-state index in [4.69, 9.17) is 4.74 Å². The molecule has 0 aliphatic rings. The van der Waals surface area contributed by atoms with Crippen molar-refractivity contribution in [2.24, 2.45) is 0 Å². The number of methoxy groups -OCH3 is 1. The number of anilines is 1. The van der Waals surface area contributed by atoms with Crippen LogP contribution in [-0.2, 0) is 4.74 Å². The molecule has 0 aliphatic heterocycles. The van der Waals surface area contributed by atoms with Gasteiger partial charge in [-0.2, -0.15) is 0 Å². The molecule has 108 valence electrons. The molecule has 0 heterocycles. The molecule has 0 saturated heterocycles. The largest absolute Gasteiger partial charge is 0.383 e. The third-order valence-electron chi connectivity index (χ3n) is 3.47. The van der Waals surface area contributed by atoms with Crippen LogP contribution in [0.4, 0.5) is 5.69 Å². The summed E-state index contributed by atoms with van der Waals surface area (Å²) < 4.78 is 5.16. The van der Waals surface area contributed by atoms with E-state index in [2.05, 4.69) is 55.3 Å². The summed E-state index contributed by atoms with van der Waals surface area (Å²) in [6, 6.07) is 9.37. The summed E-state index contributed by atoms with van der Waals surface area (Å²) in [4.78, 5) is 2.33. The van der Waals surface area contributed by atoms with E-state index in [0.29, 0.717) is 6.04 Å². The van der Waals surface area contributed by atoms with Crippen LogP contribution in [-0.4, -0.2) is 33.4 Å². The number of benzene rings is 1. The van der Waals surface area contributed by atoms with Crippen LogP contribution in [0.25, 0.3) is 0 Å². The molecule has 1 atom stereocenters. The van der Waals surface area contributed by atoms with Crippen LogP contribution >= 0.6 is 0 Å². The molecule has 0 radical (unpaired) electrons. The topological polar surface area (TPSA) is 24.5 Å². The lowest BCUT2D eigenvalue weighted by Crippen LogP contribution is -2.26. The molecular formula is C16H28N2O. The SMILES string of the molecule is CCNC(CC)c1ccc(N(CC)CCOC)cc1. The Kier molecular flexibility index (Phi) is 7.53. The second-order valence-electron chi connectivity index (χ2n) is 4.68. The van der Waals surface area contributed by atoms with Gasteiger partial charge < -0.3 is 15.0 Å². The first-order valence-electron chi connectivity index (χ1n) is 7.33. The fraction of sp³-hybridized carbons (Fsp3) is 0.625. The Labute approximate surface area is 118 Å². The second-order valence-corrected chi connectivity index (χ2v) is 4.68. The molecule has 3 nitrogen and oxygen atoms in total. The Hall–Kier alpha value is -1.06. The van der Waals surface area contributed by atoms with Crippen LogP contribution in [0.15, 0.2) is 24.3 Å². The van der Waals surface area contributed by atoms with Gasteiger partial charge in [0.1, 0.15) is 0 Å². The molecule has 0 fully saturated rings. The zero-order valence-corrected chi connectivity index (χ0v) is 12.8. The van der Waals surface area contributed by atoms with Crippen molar-refractivity contribution in [2.75, 3.05) is 38.3 Å². The van der Waals surface area contributed by atoms with E-state index < -0.39 is 0 Å². The van der Waals surface area contributed by atoms with Crippen molar-refractivity contribution >= 4 is 5.69 Å². The maximum Gasteiger partial charge on any atom is 0.0637 e. The monoisotopic (exact) mass is 264 g/mol. The molecule has 0 aliphatic carbocycles. The van der Waals surface area contributed by atoms with Gasteiger partial charge in [-0.15, -0.1) is 0 Å². The molecular weight excluding hydrogens is 236 g/mol. The van der Waals surface area contributed by atoms with Crippen molar-refractivity contribution in [3.05, 3.63) is 29.8 Å². The summed E-state index contributed by atoms with van der Waals surface area (Å²) in [5.74, 6) is 0. The molecule has 1 aromatic carbocycles. The predicted molar refractivity (Wildman–Crippen MR) is 82.9 cm³/mol. The minimum atomic E-state index is 0.466. The van der Waals surface area contributed by atoms with Gasteiger partial charge in [0.2, 0.25) is 0 Å². The van der Waals surface area contributed by atoms with Crippen molar-refractivity contribution in [2.45, 2.75) is 33.2 Å². The second kappa shape index (κ2) is 8.94. The minimum absolute atomic E-state index is 0.466.